The molecule has 10 nitrogen and oxygen atoms in total. The number of nitrogens with one attached hydrogen (secondary N) is 2. The lowest BCUT2D eigenvalue weighted by atomic mass is 10.0. The molecule has 0 aliphatic heterocycles. The van der Waals surface area contributed by atoms with Gasteiger partial charge in [-0.1, -0.05) is 41.7 Å². The van der Waals surface area contributed by atoms with E-state index in [1.165, 1.54) is 22.7 Å². The minimum Gasteiger partial charge on any atom is -0.373 e. The van der Waals surface area contributed by atoms with Crippen LogP contribution in [0.4, 0.5) is 10.3 Å². The highest BCUT2D eigenvalue weighted by Gasteiger charge is 2.30. The number of nitrogens with zero attached hydrogens (tertiary/aromatic N) is 6. The fourth-order valence-electron chi connectivity index (χ4n) is 4.65. The van der Waals surface area contributed by atoms with E-state index < -0.39 is 6.23 Å². The first-order valence-corrected chi connectivity index (χ1v) is 14.3. The predicted octanol–water partition coefficient (Wildman–Crippen LogP) is 4.58. The van der Waals surface area contributed by atoms with Gasteiger partial charge in [0.25, 0.3) is 0 Å². The Kier molecular flexibility index (Phi) is 8.30. The van der Waals surface area contributed by atoms with Gasteiger partial charge in [0.1, 0.15) is 16.2 Å². The average molecular weight is 551 g/mol. The van der Waals surface area contributed by atoms with Gasteiger partial charge in [-0.2, -0.15) is 0 Å². The zero-order chi connectivity index (χ0) is 26.5. The summed E-state index contributed by atoms with van der Waals surface area (Å²) < 4.78 is 0. The summed E-state index contributed by atoms with van der Waals surface area (Å²) in [6.07, 6.45) is 10.0. The molecular formula is C26H30N8O2S2. The molecule has 12 heteroatoms. The van der Waals surface area contributed by atoms with Crippen molar-refractivity contribution in [1.82, 2.24) is 30.4 Å². The fourth-order valence-corrected chi connectivity index (χ4v) is 6.43. The number of anilines is 2. The SMILES string of the molecule is C[C@H](c1cccnc1)C(O)Nc1nnc(C[C@@H]2CC[C@H](c3nnc(NC(=O)[C@H](C)c4cccnc4)s3)C2)s1. The van der Waals surface area contributed by atoms with E-state index >= 15 is 0 Å². The summed E-state index contributed by atoms with van der Waals surface area (Å²) in [6, 6.07) is 7.52. The van der Waals surface area contributed by atoms with Gasteiger partial charge in [-0.05, 0) is 55.4 Å². The second kappa shape index (κ2) is 12.0. The van der Waals surface area contributed by atoms with E-state index in [9.17, 15) is 9.90 Å². The largest absolute Gasteiger partial charge is 0.373 e. The molecule has 1 fully saturated rings. The average Bonchev–Trinajstić information content (AvgIpc) is 3.71. The summed E-state index contributed by atoms with van der Waals surface area (Å²) in [5.41, 5.74) is 1.82. The number of pyridine rings is 2. The molecule has 198 valence electrons. The van der Waals surface area contributed by atoms with E-state index in [1.54, 1.807) is 24.8 Å². The Bertz CT molecular complexity index is 1330. The minimum absolute atomic E-state index is 0.120. The normalized spacial score (nSPS) is 19.6. The summed E-state index contributed by atoms with van der Waals surface area (Å²) >= 11 is 2.94. The van der Waals surface area contributed by atoms with Crippen LogP contribution in [0.1, 0.15) is 72.0 Å². The van der Waals surface area contributed by atoms with E-state index in [0.29, 0.717) is 22.1 Å². The van der Waals surface area contributed by atoms with Crippen molar-refractivity contribution in [2.75, 3.05) is 10.6 Å². The van der Waals surface area contributed by atoms with E-state index in [2.05, 4.69) is 41.0 Å². The predicted molar refractivity (Wildman–Crippen MR) is 147 cm³/mol. The van der Waals surface area contributed by atoms with Crippen LogP contribution in [0.5, 0.6) is 0 Å². The molecule has 5 rings (SSSR count). The molecule has 4 aromatic heterocycles. The van der Waals surface area contributed by atoms with Crippen molar-refractivity contribution in [3.8, 4) is 0 Å². The molecule has 5 atom stereocenters. The van der Waals surface area contributed by atoms with Gasteiger partial charge in [0.05, 0.1) is 5.92 Å². The van der Waals surface area contributed by atoms with Crippen LogP contribution in [0.2, 0.25) is 0 Å². The number of hydrogen-bond donors (Lipinski definition) is 3. The molecule has 1 amide bonds. The zero-order valence-electron chi connectivity index (χ0n) is 21.2. The molecule has 0 spiro atoms. The Morgan fingerprint density at radius 2 is 1.74 bits per heavy atom. The highest BCUT2D eigenvalue weighted by Crippen LogP contribution is 2.42. The van der Waals surface area contributed by atoms with Crippen LogP contribution in [-0.4, -0.2) is 47.6 Å². The minimum atomic E-state index is -0.782. The number of hydrogen-bond acceptors (Lipinski definition) is 11. The van der Waals surface area contributed by atoms with Gasteiger partial charge < -0.3 is 15.7 Å². The van der Waals surface area contributed by atoms with Gasteiger partial charge in [-0.25, -0.2) is 0 Å². The number of aliphatic hydroxyl groups is 1. The highest BCUT2D eigenvalue weighted by atomic mass is 32.1. The van der Waals surface area contributed by atoms with Crippen molar-refractivity contribution in [2.45, 2.75) is 63.5 Å². The molecule has 3 N–H and O–H groups in total. The molecule has 0 bridgehead atoms. The maximum Gasteiger partial charge on any atom is 0.233 e. The molecule has 4 heterocycles. The smallest absolute Gasteiger partial charge is 0.233 e. The molecule has 0 aromatic carbocycles. The number of aromatic nitrogens is 6. The summed E-state index contributed by atoms with van der Waals surface area (Å²) in [5, 5.41) is 36.8. The molecule has 38 heavy (non-hydrogen) atoms. The van der Waals surface area contributed by atoms with Crippen molar-refractivity contribution in [1.29, 1.82) is 0 Å². The molecule has 0 saturated heterocycles. The second-order valence-corrected chi connectivity index (χ2v) is 11.8. The molecule has 1 saturated carbocycles. The molecule has 1 aliphatic carbocycles. The molecular weight excluding hydrogens is 520 g/mol. The molecule has 1 aliphatic rings. The summed E-state index contributed by atoms with van der Waals surface area (Å²) in [4.78, 5) is 20.9. The van der Waals surface area contributed by atoms with Crippen LogP contribution < -0.4 is 10.6 Å². The fraction of sp³-hybridized carbons (Fsp3) is 0.423. The zero-order valence-corrected chi connectivity index (χ0v) is 22.8. The van der Waals surface area contributed by atoms with Crippen molar-refractivity contribution >= 4 is 38.8 Å². The van der Waals surface area contributed by atoms with E-state index in [1.807, 2.05) is 38.1 Å². The number of aliphatic hydroxyl groups excluding tert-OH is 1. The van der Waals surface area contributed by atoms with Crippen LogP contribution in [0.15, 0.2) is 49.1 Å². The maximum atomic E-state index is 12.6. The number of carbonyl (C=O) groups excluding carboxylic acids is 1. The van der Waals surface area contributed by atoms with Gasteiger partial charge >= 0.3 is 0 Å². The summed E-state index contributed by atoms with van der Waals surface area (Å²) in [6.45, 7) is 3.80. The van der Waals surface area contributed by atoms with Crippen LogP contribution in [-0.2, 0) is 11.2 Å². The first kappa shape index (κ1) is 26.3. The quantitative estimate of drug-likeness (QED) is 0.242. The Balaban J connectivity index is 1.11. The lowest BCUT2D eigenvalue weighted by molar-refractivity contribution is -0.117. The van der Waals surface area contributed by atoms with Crippen molar-refractivity contribution in [3.63, 3.8) is 0 Å². The van der Waals surface area contributed by atoms with Crippen LogP contribution >= 0.6 is 22.7 Å². The van der Waals surface area contributed by atoms with Crippen LogP contribution in [0.25, 0.3) is 0 Å². The number of carbonyl (C=O) groups is 1. The van der Waals surface area contributed by atoms with Crippen molar-refractivity contribution in [3.05, 3.63) is 70.2 Å². The molecule has 1 unspecified atom stereocenters. The Labute approximate surface area is 229 Å². The van der Waals surface area contributed by atoms with Crippen LogP contribution in [0.3, 0.4) is 0 Å². The van der Waals surface area contributed by atoms with Crippen molar-refractivity contribution in [2.24, 2.45) is 5.92 Å². The lowest BCUT2D eigenvalue weighted by Crippen LogP contribution is -2.25. The first-order chi connectivity index (χ1) is 18.5. The van der Waals surface area contributed by atoms with E-state index in [-0.39, 0.29) is 17.7 Å². The third kappa shape index (κ3) is 6.37. The lowest BCUT2D eigenvalue weighted by Gasteiger charge is -2.19. The third-order valence-electron chi connectivity index (χ3n) is 7.02. The van der Waals surface area contributed by atoms with Gasteiger partial charge in [0, 0.05) is 43.0 Å². The standard InChI is InChI=1S/C26H30N8O2S2/c1-15(19-5-3-9-27-13-19)22(35)29-25-33-31-21(37-25)12-17-7-8-18(11-17)24-32-34-26(38-24)30-23(36)16(2)20-6-4-10-28-14-20/h3-6,9-10,13-18,22,35H,7-8,11-12H2,1-2H3,(H,29,33)(H,30,34,36)/t15-,16-,17-,18+,22?/m1/s1. The van der Waals surface area contributed by atoms with Gasteiger partial charge in [0.2, 0.25) is 16.2 Å². The van der Waals surface area contributed by atoms with Gasteiger partial charge in [0.15, 0.2) is 0 Å². The van der Waals surface area contributed by atoms with E-state index in [4.69, 9.17) is 0 Å². The van der Waals surface area contributed by atoms with Gasteiger partial charge in [-0.3, -0.25) is 14.8 Å². The Hall–Kier alpha value is -3.35. The van der Waals surface area contributed by atoms with Crippen LogP contribution in [0, 0.1) is 5.92 Å². The van der Waals surface area contributed by atoms with Crippen molar-refractivity contribution < 1.29 is 9.90 Å². The van der Waals surface area contributed by atoms with Gasteiger partial charge in [-0.15, -0.1) is 20.4 Å². The second-order valence-electron chi connectivity index (χ2n) is 9.69. The first-order valence-electron chi connectivity index (χ1n) is 12.7. The summed E-state index contributed by atoms with van der Waals surface area (Å²) in [7, 11) is 0. The molecule has 0 radical (unpaired) electrons. The van der Waals surface area contributed by atoms with E-state index in [0.717, 1.165) is 46.8 Å². The maximum absolute atomic E-state index is 12.6. The number of amides is 1. The topological polar surface area (TPSA) is 139 Å². The monoisotopic (exact) mass is 550 g/mol. The summed E-state index contributed by atoms with van der Waals surface area (Å²) in [5.74, 6) is 0.231. The Morgan fingerprint density at radius 1 is 1.00 bits per heavy atom. The Morgan fingerprint density at radius 3 is 2.47 bits per heavy atom. The molecule has 4 aromatic rings. The number of rotatable bonds is 10. The third-order valence-corrected chi connectivity index (χ3v) is 8.90. The highest BCUT2D eigenvalue weighted by molar-refractivity contribution is 7.15.